The van der Waals surface area contributed by atoms with Gasteiger partial charge in [0.05, 0.1) is 0 Å². The number of rotatable bonds is 5. The summed E-state index contributed by atoms with van der Waals surface area (Å²) in [6.07, 6.45) is 0.377. The average Bonchev–Trinajstić information content (AvgIpc) is 2.13. The van der Waals surface area contributed by atoms with Gasteiger partial charge < -0.3 is 15.5 Å². The Morgan fingerprint density at radius 1 is 1.24 bits per heavy atom. The minimum Gasteiger partial charge on any atom is -0.347 e. The van der Waals surface area contributed by atoms with Gasteiger partial charge in [-0.25, -0.2) is 0 Å². The summed E-state index contributed by atoms with van der Waals surface area (Å²) in [7, 11) is 3.35. The Morgan fingerprint density at radius 2 is 1.76 bits per heavy atom. The van der Waals surface area contributed by atoms with Gasteiger partial charge in [0.15, 0.2) is 0 Å². The predicted molar refractivity (Wildman–Crippen MR) is 68.7 cm³/mol. The van der Waals surface area contributed by atoms with Crippen LogP contribution in [-0.2, 0) is 9.59 Å². The number of nitrogens with zero attached hydrogens (tertiary/aromatic N) is 1. The molecule has 100 valence electrons. The van der Waals surface area contributed by atoms with Gasteiger partial charge in [0.1, 0.15) is 6.04 Å². The zero-order valence-electron chi connectivity index (χ0n) is 11.8. The summed E-state index contributed by atoms with van der Waals surface area (Å²) in [5.74, 6) is -0.202. The largest absolute Gasteiger partial charge is 0.347 e. The molecule has 2 amide bonds. The first-order valence-electron chi connectivity index (χ1n) is 5.89. The molecule has 5 heteroatoms. The van der Waals surface area contributed by atoms with Gasteiger partial charge in [-0.15, -0.1) is 0 Å². The van der Waals surface area contributed by atoms with Gasteiger partial charge in [0.25, 0.3) is 0 Å². The van der Waals surface area contributed by atoms with E-state index in [9.17, 15) is 9.59 Å². The van der Waals surface area contributed by atoms with E-state index in [-0.39, 0.29) is 17.4 Å². The minimum absolute atomic E-state index is 0.00531. The van der Waals surface area contributed by atoms with Crippen LogP contribution in [0.25, 0.3) is 0 Å². The maximum absolute atomic E-state index is 11.5. The third-order valence-corrected chi connectivity index (χ3v) is 2.20. The van der Waals surface area contributed by atoms with Crippen molar-refractivity contribution in [1.29, 1.82) is 0 Å². The summed E-state index contributed by atoms with van der Waals surface area (Å²) >= 11 is 0. The molecule has 0 bridgehead atoms. The van der Waals surface area contributed by atoms with Crippen molar-refractivity contribution in [3.8, 4) is 0 Å². The summed E-state index contributed by atoms with van der Waals surface area (Å²) < 4.78 is 0. The van der Waals surface area contributed by atoms with E-state index in [1.165, 1.54) is 4.90 Å². The number of amides is 2. The van der Waals surface area contributed by atoms with E-state index in [0.29, 0.717) is 13.0 Å². The van der Waals surface area contributed by atoms with Gasteiger partial charge in [0.2, 0.25) is 11.8 Å². The fourth-order valence-corrected chi connectivity index (χ4v) is 1.31. The van der Waals surface area contributed by atoms with Crippen molar-refractivity contribution in [3.05, 3.63) is 0 Å². The van der Waals surface area contributed by atoms with Crippen LogP contribution < -0.4 is 10.6 Å². The van der Waals surface area contributed by atoms with E-state index in [4.69, 9.17) is 0 Å². The summed E-state index contributed by atoms with van der Waals surface area (Å²) in [4.78, 5) is 24.5. The molecule has 0 saturated heterocycles. The summed E-state index contributed by atoms with van der Waals surface area (Å²) in [5.41, 5.74) is 0.00531. The normalized spacial score (nSPS) is 13.1. The lowest BCUT2D eigenvalue weighted by Crippen LogP contribution is -2.45. The second-order valence-electron chi connectivity index (χ2n) is 5.45. The highest BCUT2D eigenvalue weighted by Crippen LogP contribution is 1.98. The quantitative estimate of drug-likeness (QED) is 0.733. The monoisotopic (exact) mass is 243 g/mol. The standard InChI is InChI=1S/C12H25N3O2/c1-9(11(17)15(5)6)14-10(16)7-8-13-12(2,3)4/h9,13H,7-8H2,1-6H3,(H,14,16). The van der Waals surface area contributed by atoms with Crippen LogP contribution >= 0.6 is 0 Å². The van der Waals surface area contributed by atoms with Crippen molar-refractivity contribution in [3.63, 3.8) is 0 Å². The zero-order valence-corrected chi connectivity index (χ0v) is 11.8. The van der Waals surface area contributed by atoms with E-state index in [1.807, 2.05) is 20.8 Å². The van der Waals surface area contributed by atoms with E-state index >= 15 is 0 Å². The number of hydrogen-bond acceptors (Lipinski definition) is 3. The van der Waals surface area contributed by atoms with Gasteiger partial charge >= 0.3 is 0 Å². The van der Waals surface area contributed by atoms with Crippen molar-refractivity contribution >= 4 is 11.8 Å². The Hall–Kier alpha value is -1.10. The van der Waals surface area contributed by atoms with E-state index in [1.54, 1.807) is 21.0 Å². The van der Waals surface area contributed by atoms with Gasteiger partial charge in [0, 0.05) is 32.6 Å². The van der Waals surface area contributed by atoms with Crippen LogP contribution in [0.3, 0.4) is 0 Å². The molecule has 1 unspecified atom stereocenters. The van der Waals surface area contributed by atoms with E-state index < -0.39 is 6.04 Å². The molecule has 5 nitrogen and oxygen atoms in total. The summed E-state index contributed by atoms with van der Waals surface area (Å²) in [6, 6.07) is -0.466. The first-order chi connectivity index (χ1) is 7.63. The van der Waals surface area contributed by atoms with Crippen LogP contribution in [0.5, 0.6) is 0 Å². The molecule has 0 saturated carbocycles. The van der Waals surface area contributed by atoms with Gasteiger partial charge in [-0.05, 0) is 27.7 Å². The van der Waals surface area contributed by atoms with Crippen molar-refractivity contribution in [2.45, 2.75) is 45.7 Å². The van der Waals surface area contributed by atoms with Gasteiger partial charge in [-0.2, -0.15) is 0 Å². The Morgan fingerprint density at radius 3 is 2.18 bits per heavy atom. The molecule has 2 N–H and O–H groups in total. The smallest absolute Gasteiger partial charge is 0.244 e. The third kappa shape index (κ3) is 7.74. The van der Waals surface area contributed by atoms with Gasteiger partial charge in [-0.3, -0.25) is 9.59 Å². The van der Waals surface area contributed by atoms with Crippen molar-refractivity contribution in [2.24, 2.45) is 0 Å². The summed E-state index contributed by atoms with van der Waals surface area (Å²) in [5, 5.41) is 5.90. The van der Waals surface area contributed by atoms with E-state index in [2.05, 4.69) is 10.6 Å². The molecular weight excluding hydrogens is 218 g/mol. The molecule has 0 aliphatic rings. The molecule has 0 aromatic rings. The second-order valence-corrected chi connectivity index (χ2v) is 5.45. The van der Waals surface area contributed by atoms with Crippen LogP contribution in [0.1, 0.15) is 34.1 Å². The molecule has 0 aliphatic carbocycles. The van der Waals surface area contributed by atoms with Crippen LogP contribution in [0.4, 0.5) is 0 Å². The molecule has 17 heavy (non-hydrogen) atoms. The molecule has 0 rings (SSSR count). The van der Waals surface area contributed by atoms with Gasteiger partial charge in [-0.1, -0.05) is 0 Å². The lowest BCUT2D eigenvalue weighted by Gasteiger charge is -2.21. The number of carbonyl (C=O) groups is 2. The van der Waals surface area contributed by atoms with E-state index in [0.717, 1.165) is 0 Å². The van der Waals surface area contributed by atoms with Crippen molar-refractivity contribution < 1.29 is 9.59 Å². The Bertz CT molecular complexity index is 269. The Balaban J connectivity index is 3.91. The molecular formula is C12H25N3O2. The lowest BCUT2D eigenvalue weighted by atomic mass is 10.1. The first-order valence-corrected chi connectivity index (χ1v) is 5.89. The van der Waals surface area contributed by atoms with Crippen molar-refractivity contribution in [1.82, 2.24) is 15.5 Å². The Kier molecular flexibility index (Phi) is 6.16. The molecule has 0 aromatic heterocycles. The molecule has 0 radical (unpaired) electrons. The maximum atomic E-state index is 11.5. The fraction of sp³-hybridized carbons (Fsp3) is 0.833. The maximum Gasteiger partial charge on any atom is 0.244 e. The van der Waals surface area contributed by atoms with Crippen LogP contribution in [0, 0.1) is 0 Å². The average molecular weight is 243 g/mol. The SMILES string of the molecule is CC(NC(=O)CCNC(C)(C)C)C(=O)N(C)C. The number of hydrogen-bond donors (Lipinski definition) is 2. The zero-order chi connectivity index (χ0) is 13.6. The number of likely N-dealkylation sites (N-methyl/N-ethyl adjacent to an activating group) is 1. The van der Waals surface area contributed by atoms with Crippen LogP contribution in [0.15, 0.2) is 0 Å². The highest BCUT2D eigenvalue weighted by molar-refractivity contribution is 5.87. The lowest BCUT2D eigenvalue weighted by molar-refractivity contribution is -0.133. The topological polar surface area (TPSA) is 61.4 Å². The summed E-state index contributed by atoms with van der Waals surface area (Å²) in [6.45, 7) is 8.44. The molecule has 0 aliphatic heterocycles. The molecule has 0 aromatic carbocycles. The molecule has 1 atom stereocenters. The number of nitrogens with one attached hydrogen (secondary N) is 2. The van der Waals surface area contributed by atoms with Crippen LogP contribution in [0.2, 0.25) is 0 Å². The molecule has 0 fully saturated rings. The first kappa shape index (κ1) is 15.9. The second kappa shape index (κ2) is 6.59. The highest BCUT2D eigenvalue weighted by atomic mass is 16.2. The molecule has 0 heterocycles. The number of carbonyl (C=O) groups excluding carboxylic acids is 2. The fourth-order valence-electron chi connectivity index (χ4n) is 1.31. The predicted octanol–water partition coefficient (Wildman–Crippen LogP) is 0.358. The highest BCUT2D eigenvalue weighted by Gasteiger charge is 2.17. The Labute approximate surface area is 104 Å². The third-order valence-electron chi connectivity index (χ3n) is 2.20. The molecule has 0 spiro atoms. The van der Waals surface area contributed by atoms with Crippen molar-refractivity contribution in [2.75, 3.05) is 20.6 Å². The minimum atomic E-state index is -0.466. The van der Waals surface area contributed by atoms with Crippen LogP contribution in [-0.4, -0.2) is 48.9 Å².